The Morgan fingerprint density at radius 2 is 2.20 bits per heavy atom. The summed E-state index contributed by atoms with van der Waals surface area (Å²) in [5.74, 6) is -1.18. The van der Waals surface area contributed by atoms with Gasteiger partial charge in [0.25, 0.3) is 0 Å². The van der Waals surface area contributed by atoms with Crippen LogP contribution < -0.4 is 5.73 Å². The van der Waals surface area contributed by atoms with Crippen LogP contribution in [-0.4, -0.2) is 22.5 Å². The average molecular weight is 211 g/mol. The SMILES string of the molecule is CCOC(=O)/C(=C/N)c1ncc(F)cn1. The van der Waals surface area contributed by atoms with Crippen molar-refractivity contribution in [3.05, 3.63) is 30.2 Å². The second kappa shape index (κ2) is 5.04. The molecule has 0 aromatic carbocycles. The molecule has 1 aromatic heterocycles. The van der Waals surface area contributed by atoms with Gasteiger partial charge in [-0.1, -0.05) is 0 Å². The van der Waals surface area contributed by atoms with Gasteiger partial charge in [0, 0.05) is 6.20 Å². The summed E-state index contributed by atoms with van der Waals surface area (Å²) >= 11 is 0. The van der Waals surface area contributed by atoms with Crippen LogP contribution in [0.4, 0.5) is 4.39 Å². The summed E-state index contributed by atoms with van der Waals surface area (Å²) < 4.78 is 17.2. The fourth-order valence-corrected chi connectivity index (χ4v) is 0.894. The highest BCUT2D eigenvalue weighted by Crippen LogP contribution is 2.09. The van der Waals surface area contributed by atoms with E-state index in [2.05, 4.69) is 9.97 Å². The number of esters is 1. The fraction of sp³-hybridized carbons (Fsp3) is 0.222. The van der Waals surface area contributed by atoms with Crippen molar-refractivity contribution in [3.8, 4) is 0 Å². The fourth-order valence-electron chi connectivity index (χ4n) is 0.894. The Balaban J connectivity index is 2.94. The highest BCUT2D eigenvalue weighted by Gasteiger charge is 2.15. The third kappa shape index (κ3) is 2.73. The second-order valence-corrected chi connectivity index (χ2v) is 2.53. The van der Waals surface area contributed by atoms with Crippen LogP contribution in [0.1, 0.15) is 12.7 Å². The molecule has 0 radical (unpaired) electrons. The Kier molecular flexibility index (Phi) is 3.73. The monoisotopic (exact) mass is 211 g/mol. The van der Waals surface area contributed by atoms with Crippen molar-refractivity contribution < 1.29 is 13.9 Å². The third-order valence-electron chi connectivity index (χ3n) is 1.52. The van der Waals surface area contributed by atoms with E-state index >= 15 is 0 Å². The number of nitrogens with zero attached hydrogens (tertiary/aromatic N) is 2. The van der Waals surface area contributed by atoms with Crippen molar-refractivity contribution in [2.45, 2.75) is 6.92 Å². The molecule has 0 spiro atoms. The molecule has 1 rings (SSSR count). The topological polar surface area (TPSA) is 78.1 Å². The van der Waals surface area contributed by atoms with Crippen LogP contribution in [0, 0.1) is 5.82 Å². The van der Waals surface area contributed by atoms with Crippen LogP contribution in [0.3, 0.4) is 0 Å². The van der Waals surface area contributed by atoms with E-state index in [9.17, 15) is 9.18 Å². The molecule has 0 aliphatic rings. The van der Waals surface area contributed by atoms with E-state index in [1.807, 2.05) is 0 Å². The van der Waals surface area contributed by atoms with Gasteiger partial charge in [0.2, 0.25) is 0 Å². The molecule has 0 atom stereocenters. The van der Waals surface area contributed by atoms with Gasteiger partial charge in [-0.25, -0.2) is 19.2 Å². The molecule has 0 saturated heterocycles. The first-order valence-corrected chi connectivity index (χ1v) is 4.26. The maximum atomic E-state index is 12.5. The molecule has 2 N–H and O–H groups in total. The number of nitrogens with two attached hydrogens (primary N) is 1. The van der Waals surface area contributed by atoms with E-state index < -0.39 is 11.8 Å². The lowest BCUT2D eigenvalue weighted by molar-refractivity contribution is -0.136. The standard InChI is InChI=1S/C9H10FN3O2/c1-2-15-9(14)7(3-11)8-12-4-6(10)5-13-8/h3-5H,2,11H2,1H3/b7-3+. The van der Waals surface area contributed by atoms with E-state index in [0.29, 0.717) is 0 Å². The van der Waals surface area contributed by atoms with Crippen molar-refractivity contribution in [2.24, 2.45) is 5.73 Å². The van der Waals surface area contributed by atoms with Crippen LogP contribution in [0.15, 0.2) is 18.6 Å². The highest BCUT2D eigenvalue weighted by molar-refractivity contribution is 6.14. The Hall–Kier alpha value is -1.98. The summed E-state index contributed by atoms with van der Waals surface area (Å²) in [7, 11) is 0. The maximum Gasteiger partial charge on any atom is 0.343 e. The van der Waals surface area contributed by atoms with Crippen LogP contribution >= 0.6 is 0 Å². The van der Waals surface area contributed by atoms with Crippen LogP contribution in [0.5, 0.6) is 0 Å². The van der Waals surface area contributed by atoms with E-state index in [-0.39, 0.29) is 18.0 Å². The summed E-state index contributed by atoms with van der Waals surface area (Å²) in [6, 6.07) is 0. The van der Waals surface area contributed by atoms with E-state index in [1.165, 1.54) is 0 Å². The number of hydrogen-bond donors (Lipinski definition) is 1. The van der Waals surface area contributed by atoms with E-state index in [4.69, 9.17) is 10.5 Å². The van der Waals surface area contributed by atoms with Gasteiger partial charge in [-0.3, -0.25) is 0 Å². The van der Waals surface area contributed by atoms with Gasteiger partial charge < -0.3 is 10.5 Å². The molecule has 0 bridgehead atoms. The molecule has 0 saturated carbocycles. The minimum absolute atomic E-state index is 0.0110. The van der Waals surface area contributed by atoms with Crippen LogP contribution in [-0.2, 0) is 9.53 Å². The minimum Gasteiger partial charge on any atom is -0.462 e. The van der Waals surface area contributed by atoms with Gasteiger partial charge in [0.1, 0.15) is 5.57 Å². The summed E-state index contributed by atoms with van der Waals surface area (Å²) in [6.07, 6.45) is 2.93. The van der Waals surface area contributed by atoms with Crippen LogP contribution in [0.2, 0.25) is 0 Å². The molecule has 1 aromatic rings. The van der Waals surface area contributed by atoms with Crippen molar-refractivity contribution in [3.63, 3.8) is 0 Å². The normalized spacial score (nSPS) is 11.2. The molecule has 0 aliphatic carbocycles. The minimum atomic E-state index is -0.633. The Labute approximate surface area is 85.8 Å². The average Bonchev–Trinajstić information content (AvgIpc) is 2.22. The van der Waals surface area contributed by atoms with Crippen molar-refractivity contribution in [2.75, 3.05) is 6.61 Å². The van der Waals surface area contributed by atoms with Gasteiger partial charge in [0.05, 0.1) is 19.0 Å². The zero-order valence-corrected chi connectivity index (χ0v) is 8.11. The van der Waals surface area contributed by atoms with E-state index in [0.717, 1.165) is 18.6 Å². The quantitative estimate of drug-likeness (QED) is 0.581. The Morgan fingerprint density at radius 1 is 1.60 bits per heavy atom. The molecule has 0 amide bonds. The van der Waals surface area contributed by atoms with Gasteiger partial charge in [-0.05, 0) is 6.92 Å². The maximum absolute atomic E-state index is 12.5. The van der Waals surface area contributed by atoms with Gasteiger partial charge in [-0.2, -0.15) is 0 Å². The van der Waals surface area contributed by atoms with Crippen molar-refractivity contribution >= 4 is 11.5 Å². The lowest BCUT2D eigenvalue weighted by Gasteiger charge is -2.03. The lowest BCUT2D eigenvalue weighted by atomic mass is 10.2. The smallest absolute Gasteiger partial charge is 0.343 e. The summed E-state index contributed by atoms with van der Waals surface area (Å²) in [6.45, 7) is 1.88. The van der Waals surface area contributed by atoms with Crippen molar-refractivity contribution in [1.29, 1.82) is 0 Å². The summed E-state index contributed by atoms with van der Waals surface area (Å²) in [4.78, 5) is 18.6. The number of ether oxygens (including phenoxy) is 1. The largest absolute Gasteiger partial charge is 0.462 e. The number of aromatic nitrogens is 2. The molecule has 15 heavy (non-hydrogen) atoms. The van der Waals surface area contributed by atoms with Crippen LogP contribution in [0.25, 0.3) is 5.57 Å². The first-order chi connectivity index (χ1) is 7.19. The predicted octanol–water partition coefficient (Wildman–Crippen LogP) is 0.478. The summed E-state index contributed by atoms with van der Waals surface area (Å²) in [5.41, 5.74) is 5.25. The second-order valence-electron chi connectivity index (χ2n) is 2.53. The van der Waals surface area contributed by atoms with E-state index in [1.54, 1.807) is 6.92 Å². The first-order valence-electron chi connectivity index (χ1n) is 4.26. The van der Waals surface area contributed by atoms with Gasteiger partial charge >= 0.3 is 5.97 Å². The molecule has 0 aliphatic heterocycles. The molecule has 1 heterocycles. The predicted molar refractivity (Wildman–Crippen MR) is 50.8 cm³/mol. The molecular weight excluding hydrogens is 201 g/mol. The van der Waals surface area contributed by atoms with Gasteiger partial charge in [0.15, 0.2) is 11.6 Å². The van der Waals surface area contributed by atoms with Crippen molar-refractivity contribution in [1.82, 2.24) is 9.97 Å². The zero-order chi connectivity index (χ0) is 11.3. The highest BCUT2D eigenvalue weighted by atomic mass is 19.1. The lowest BCUT2D eigenvalue weighted by Crippen LogP contribution is -2.11. The molecule has 0 fully saturated rings. The third-order valence-corrected chi connectivity index (χ3v) is 1.52. The molecule has 80 valence electrons. The number of hydrogen-bond acceptors (Lipinski definition) is 5. The molecular formula is C9H10FN3O2. The molecule has 0 unspecified atom stereocenters. The number of carbonyl (C=O) groups is 1. The Bertz CT molecular complexity index is 375. The zero-order valence-electron chi connectivity index (χ0n) is 8.11. The summed E-state index contributed by atoms with van der Waals surface area (Å²) in [5, 5.41) is 0. The number of halogens is 1. The van der Waals surface area contributed by atoms with Gasteiger partial charge in [-0.15, -0.1) is 0 Å². The molecule has 6 heteroatoms. The first kappa shape index (κ1) is 11.1. The number of rotatable bonds is 3. The number of carbonyl (C=O) groups excluding carboxylic acids is 1. The molecule has 5 nitrogen and oxygen atoms in total. The Morgan fingerprint density at radius 3 is 2.67 bits per heavy atom.